The topological polar surface area (TPSA) is 38.9 Å². The molecule has 17 heavy (non-hydrogen) atoms. The largest absolute Gasteiger partial charge is 0.470 e. The monoisotopic (exact) mass is 266 g/mol. The first-order valence-electron chi connectivity index (χ1n) is 4.24. The van der Waals surface area contributed by atoms with Gasteiger partial charge < -0.3 is 4.42 Å². The van der Waals surface area contributed by atoms with Gasteiger partial charge in [0.1, 0.15) is 5.82 Å². The Morgan fingerprint density at radius 2 is 1.88 bits per heavy atom. The number of rotatable bonds is 1. The first-order valence-corrected chi connectivity index (χ1v) is 4.62. The molecule has 0 saturated heterocycles. The Balaban J connectivity index is 2.40. The third-order valence-electron chi connectivity index (χ3n) is 1.83. The number of aromatic nitrogens is 2. The number of hydrogen-bond acceptors (Lipinski definition) is 3. The molecule has 90 valence electrons. The molecule has 0 bridgehead atoms. The molecule has 0 saturated carbocycles. The molecular weight excluding hydrogens is 264 g/mol. The Bertz CT molecular complexity index is 552. The lowest BCUT2D eigenvalue weighted by atomic mass is 10.2. The van der Waals surface area contributed by atoms with Crippen molar-refractivity contribution in [3.05, 3.63) is 34.9 Å². The van der Waals surface area contributed by atoms with Crippen LogP contribution in [0.5, 0.6) is 0 Å². The second kappa shape index (κ2) is 3.99. The summed E-state index contributed by atoms with van der Waals surface area (Å²) >= 11 is 5.42. The lowest BCUT2D eigenvalue weighted by Crippen LogP contribution is -2.04. The van der Waals surface area contributed by atoms with E-state index in [0.29, 0.717) is 0 Å². The van der Waals surface area contributed by atoms with Gasteiger partial charge in [0, 0.05) is 5.56 Å². The maximum absolute atomic E-state index is 13.1. The second-order valence-corrected chi connectivity index (χ2v) is 3.45. The van der Waals surface area contributed by atoms with Gasteiger partial charge in [0.2, 0.25) is 5.89 Å². The Kier molecular flexibility index (Phi) is 2.78. The average molecular weight is 267 g/mol. The van der Waals surface area contributed by atoms with Crippen LogP contribution in [0.3, 0.4) is 0 Å². The van der Waals surface area contributed by atoms with Gasteiger partial charge in [-0.1, -0.05) is 11.6 Å². The summed E-state index contributed by atoms with van der Waals surface area (Å²) < 4.78 is 53.9. The zero-order valence-corrected chi connectivity index (χ0v) is 8.68. The van der Waals surface area contributed by atoms with Crippen LogP contribution < -0.4 is 0 Å². The number of alkyl halides is 3. The third kappa shape index (κ3) is 2.38. The van der Waals surface area contributed by atoms with Gasteiger partial charge in [-0.05, 0) is 18.2 Å². The first-order chi connectivity index (χ1) is 7.88. The van der Waals surface area contributed by atoms with Gasteiger partial charge in [0.15, 0.2) is 0 Å². The van der Waals surface area contributed by atoms with Crippen LogP contribution in [0.25, 0.3) is 11.5 Å². The van der Waals surface area contributed by atoms with Crippen molar-refractivity contribution in [2.75, 3.05) is 0 Å². The number of benzene rings is 1. The molecule has 0 unspecified atom stereocenters. The predicted octanol–water partition coefficient (Wildman–Crippen LogP) is 3.55. The van der Waals surface area contributed by atoms with Crippen molar-refractivity contribution in [2.45, 2.75) is 6.18 Å². The molecule has 0 fully saturated rings. The molecule has 2 rings (SSSR count). The fraction of sp³-hybridized carbons (Fsp3) is 0.111. The molecule has 0 aliphatic rings. The third-order valence-corrected chi connectivity index (χ3v) is 2.14. The van der Waals surface area contributed by atoms with Gasteiger partial charge in [-0.2, -0.15) is 13.2 Å². The smallest absolute Gasteiger partial charge is 0.413 e. The van der Waals surface area contributed by atoms with Crippen molar-refractivity contribution in [1.29, 1.82) is 0 Å². The summed E-state index contributed by atoms with van der Waals surface area (Å²) in [4.78, 5) is 0. The lowest BCUT2D eigenvalue weighted by Gasteiger charge is -1.98. The molecule has 1 aromatic carbocycles. The van der Waals surface area contributed by atoms with E-state index in [4.69, 9.17) is 11.6 Å². The number of halogens is 5. The summed E-state index contributed by atoms with van der Waals surface area (Å²) in [6.45, 7) is 0. The zero-order valence-electron chi connectivity index (χ0n) is 7.92. The van der Waals surface area contributed by atoms with Gasteiger partial charge in [0.05, 0.1) is 5.02 Å². The standard InChI is InChI=1S/C9H3ClF4N2O/c10-5-2-1-4(3-6(5)11)7-15-16-8(17-7)9(12,13)14/h1-3H. The minimum atomic E-state index is -4.73. The SMILES string of the molecule is Fc1cc(-c2nnc(C(F)(F)F)o2)ccc1Cl. The molecule has 0 atom stereocenters. The molecule has 1 heterocycles. The Morgan fingerprint density at radius 1 is 1.18 bits per heavy atom. The van der Waals surface area contributed by atoms with E-state index >= 15 is 0 Å². The highest BCUT2D eigenvalue weighted by Crippen LogP contribution is 2.30. The van der Waals surface area contributed by atoms with Crippen LogP contribution in [-0.4, -0.2) is 10.2 Å². The van der Waals surface area contributed by atoms with E-state index < -0.39 is 23.8 Å². The molecule has 0 spiro atoms. The van der Waals surface area contributed by atoms with Crippen molar-refractivity contribution in [3.8, 4) is 11.5 Å². The van der Waals surface area contributed by atoms with Crippen LogP contribution in [0.4, 0.5) is 17.6 Å². The maximum atomic E-state index is 13.1. The van der Waals surface area contributed by atoms with Crippen LogP contribution in [-0.2, 0) is 6.18 Å². The van der Waals surface area contributed by atoms with E-state index in [2.05, 4.69) is 14.6 Å². The molecule has 8 heteroatoms. The Labute approximate surface area is 97.0 Å². The zero-order chi connectivity index (χ0) is 12.6. The van der Waals surface area contributed by atoms with Crippen LogP contribution in [0.1, 0.15) is 5.89 Å². The van der Waals surface area contributed by atoms with Crippen LogP contribution in [0.15, 0.2) is 22.6 Å². The van der Waals surface area contributed by atoms with Crippen molar-refractivity contribution in [2.24, 2.45) is 0 Å². The molecular formula is C9H3ClF4N2O. The average Bonchev–Trinajstić information content (AvgIpc) is 2.70. The van der Waals surface area contributed by atoms with Crippen molar-refractivity contribution in [3.63, 3.8) is 0 Å². The normalized spacial score (nSPS) is 11.8. The van der Waals surface area contributed by atoms with Crippen LogP contribution in [0, 0.1) is 5.82 Å². The highest BCUT2D eigenvalue weighted by Gasteiger charge is 2.38. The van der Waals surface area contributed by atoms with Crippen LogP contribution >= 0.6 is 11.6 Å². The van der Waals surface area contributed by atoms with E-state index in [1.54, 1.807) is 0 Å². The molecule has 0 N–H and O–H groups in total. The van der Waals surface area contributed by atoms with E-state index in [9.17, 15) is 17.6 Å². The highest BCUT2D eigenvalue weighted by atomic mass is 35.5. The van der Waals surface area contributed by atoms with Crippen LogP contribution in [0.2, 0.25) is 5.02 Å². The number of nitrogens with zero attached hydrogens (tertiary/aromatic N) is 2. The van der Waals surface area contributed by atoms with E-state index in [-0.39, 0.29) is 10.6 Å². The van der Waals surface area contributed by atoms with Gasteiger partial charge >= 0.3 is 12.1 Å². The van der Waals surface area contributed by atoms with E-state index in [1.807, 2.05) is 0 Å². The molecule has 0 radical (unpaired) electrons. The molecule has 3 nitrogen and oxygen atoms in total. The quantitative estimate of drug-likeness (QED) is 0.741. The highest BCUT2D eigenvalue weighted by molar-refractivity contribution is 6.30. The molecule has 0 aliphatic carbocycles. The molecule has 0 aliphatic heterocycles. The molecule has 1 aromatic heterocycles. The summed E-state index contributed by atoms with van der Waals surface area (Å²) in [6, 6.07) is 3.37. The summed E-state index contributed by atoms with van der Waals surface area (Å²) in [5, 5.41) is 5.85. The minimum Gasteiger partial charge on any atom is -0.413 e. The predicted molar refractivity (Wildman–Crippen MR) is 49.7 cm³/mol. The van der Waals surface area contributed by atoms with Gasteiger partial charge in [0.25, 0.3) is 0 Å². The Morgan fingerprint density at radius 3 is 2.41 bits per heavy atom. The minimum absolute atomic E-state index is 0.0231. The number of hydrogen-bond donors (Lipinski definition) is 0. The van der Waals surface area contributed by atoms with E-state index in [1.165, 1.54) is 12.1 Å². The van der Waals surface area contributed by atoms with Crippen molar-refractivity contribution < 1.29 is 22.0 Å². The fourth-order valence-corrected chi connectivity index (χ4v) is 1.20. The molecule has 2 aromatic rings. The summed E-state index contributed by atoms with van der Waals surface area (Å²) in [7, 11) is 0. The van der Waals surface area contributed by atoms with Gasteiger partial charge in [-0.15, -0.1) is 10.2 Å². The molecule has 0 amide bonds. The Hall–Kier alpha value is -1.63. The summed E-state index contributed by atoms with van der Waals surface area (Å²) in [5.74, 6) is -2.69. The lowest BCUT2D eigenvalue weighted by molar-refractivity contribution is -0.156. The maximum Gasteiger partial charge on any atom is 0.470 e. The summed E-state index contributed by atoms with van der Waals surface area (Å²) in [6.07, 6.45) is -4.73. The van der Waals surface area contributed by atoms with Gasteiger partial charge in [-0.25, -0.2) is 4.39 Å². The fourth-order valence-electron chi connectivity index (χ4n) is 1.08. The van der Waals surface area contributed by atoms with Gasteiger partial charge in [-0.3, -0.25) is 0 Å². The van der Waals surface area contributed by atoms with E-state index in [0.717, 1.165) is 6.07 Å². The first kappa shape index (κ1) is 11.8. The van der Waals surface area contributed by atoms with Crippen molar-refractivity contribution >= 4 is 11.6 Å². The second-order valence-electron chi connectivity index (χ2n) is 3.04. The summed E-state index contributed by atoms with van der Waals surface area (Å²) in [5.41, 5.74) is 0.0231. The van der Waals surface area contributed by atoms with Crippen molar-refractivity contribution in [1.82, 2.24) is 10.2 Å².